The van der Waals surface area contributed by atoms with Crippen molar-refractivity contribution < 1.29 is 18.3 Å². The molecule has 0 amide bonds. The van der Waals surface area contributed by atoms with E-state index in [0.29, 0.717) is 10.9 Å². The zero-order valence-electron chi connectivity index (χ0n) is 10.8. The molecule has 1 rings (SSSR count). The molecule has 1 atom stereocenters. The Balaban J connectivity index is 2.90. The highest BCUT2D eigenvalue weighted by molar-refractivity contribution is 9.10. The fraction of sp³-hybridized carbons (Fsp3) is 0.538. The molecule has 0 aliphatic rings. The highest BCUT2D eigenvalue weighted by atomic mass is 79.9. The van der Waals surface area contributed by atoms with Crippen LogP contribution in [0, 0.1) is 0 Å². The van der Waals surface area contributed by atoms with E-state index in [9.17, 15) is 18.3 Å². The van der Waals surface area contributed by atoms with E-state index in [1.807, 2.05) is 6.92 Å². The summed E-state index contributed by atoms with van der Waals surface area (Å²) in [4.78, 5) is 0. The largest absolute Gasteiger partial charge is 0.418 e. The van der Waals surface area contributed by atoms with Crippen molar-refractivity contribution in [2.24, 2.45) is 0 Å². The number of benzene rings is 1. The van der Waals surface area contributed by atoms with Gasteiger partial charge in [-0.2, -0.15) is 13.2 Å². The molecule has 0 bridgehead atoms. The first-order valence-electron chi connectivity index (χ1n) is 5.99. The van der Waals surface area contributed by atoms with Gasteiger partial charge in [0.05, 0.1) is 11.2 Å². The molecule has 0 spiro atoms. The number of anilines is 1. The monoisotopic (exact) mass is 339 g/mol. The lowest BCUT2D eigenvalue weighted by molar-refractivity contribution is -0.137. The lowest BCUT2D eigenvalue weighted by Gasteiger charge is -2.25. The van der Waals surface area contributed by atoms with Crippen molar-refractivity contribution in [2.45, 2.75) is 38.5 Å². The van der Waals surface area contributed by atoms with Crippen LogP contribution in [0.3, 0.4) is 0 Å². The molecule has 0 fully saturated rings. The van der Waals surface area contributed by atoms with Crippen LogP contribution in [0.25, 0.3) is 0 Å². The Hall–Kier alpha value is -0.750. The fourth-order valence-electron chi connectivity index (χ4n) is 1.82. The Kier molecular flexibility index (Phi) is 5.26. The molecule has 0 saturated heterocycles. The van der Waals surface area contributed by atoms with Gasteiger partial charge in [0.2, 0.25) is 0 Å². The zero-order valence-corrected chi connectivity index (χ0v) is 12.4. The van der Waals surface area contributed by atoms with E-state index in [0.717, 1.165) is 12.5 Å². The van der Waals surface area contributed by atoms with Crippen molar-refractivity contribution in [1.29, 1.82) is 0 Å². The van der Waals surface area contributed by atoms with Gasteiger partial charge in [0, 0.05) is 16.7 Å². The van der Waals surface area contributed by atoms with E-state index in [-0.39, 0.29) is 12.2 Å². The Labute approximate surface area is 119 Å². The van der Waals surface area contributed by atoms with Crippen molar-refractivity contribution in [2.75, 3.05) is 11.9 Å². The lowest BCUT2D eigenvalue weighted by atomic mass is 10.0. The smallest absolute Gasteiger partial charge is 0.388 e. The molecule has 1 aromatic rings. The first kappa shape index (κ1) is 16.3. The number of halogens is 4. The minimum Gasteiger partial charge on any atom is -0.388 e. The van der Waals surface area contributed by atoms with Crippen molar-refractivity contribution >= 4 is 21.6 Å². The summed E-state index contributed by atoms with van der Waals surface area (Å²) in [6.45, 7) is 3.59. The van der Waals surface area contributed by atoms with Crippen LogP contribution in [-0.2, 0) is 6.18 Å². The second-order valence-electron chi connectivity index (χ2n) is 4.79. The molecule has 19 heavy (non-hydrogen) atoms. The van der Waals surface area contributed by atoms with Gasteiger partial charge in [-0.3, -0.25) is 0 Å². The van der Waals surface area contributed by atoms with E-state index in [4.69, 9.17) is 0 Å². The van der Waals surface area contributed by atoms with Gasteiger partial charge in [0.1, 0.15) is 0 Å². The van der Waals surface area contributed by atoms with Crippen molar-refractivity contribution in [3.05, 3.63) is 28.2 Å². The summed E-state index contributed by atoms with van der Waals surface area (Å²) in [5.41, 5.74) is -1.79. The van der Waals surface area contributed by atoms with Gasteiger partial charge in [-0.25, -0.2) is 0 Å². The first-order valence-corrected chi connectivity index (χ1v) is 6.78. The average Bonchev–Trinajstić information content (AvgIpc) is 2.26. The minimum atomic E-state index is -4.43. The van der Waals surface area contributed by atoms with Gasteiger partial charge in [-0.05, 0) is 31.5 Å². The molecular weight excluding hydrogens is 323 g/mol. The molecule has 0 radical (unpaired) electrons. The van der Waals surface area contributed by atoms with Crippen molar-refractivity contribution in [3.63, 3.8) is 0 Å². The molecule has 0 aliphatic carbocycles. The molecule has 0 aromatic heterocycles. The third-order valence-corrected chi connectivity index (χ3v) is 3.23. The molecule has 0 heterocycles. The van der Waals surface area contributed by atoms with Crippen LogP contribution in [0.4, 0.5) is 18.9 Å². The summed E-state index contributed by atoms with van der Waals surface area (Å²) in [6, 6.07) is 3.91. The lowest BCUT2D eigenvalue weighted by Crippen LogP contribution is -2.33. The van der Waals surface area contributed by atoms with E-state index in [1.165, 1.54) is 12.1 Å². The van der Waals surface area contributed by atoms with Crippen LogP contribution < -0.4 is 5.32 Å². The maximum absolute atomic E-state index is 12.9. The van der Waals surface area contributed by atoms with Gasteiger partial charge in [-0.15, -0.1) is 0 Å². The molecule has 6 heteroatoms. The van der Waals surface area contributed by atoms with E-state index in [1.54, 1.807) is 6.92 Å². The van der Waals surface area contributed by atoms with Crippen LogP contribution in [0.5, 0.6) is 0 Å². The number of aliphatic hydroxyl groups is 1. The predicted molar refractivity (Wildman–Crippen MR) is 73.2 cm³/mol. The third-order valence-electron chi connectivity index (χ3n) is 2.74. The zero-order chi connectivity index (χ0) is 14.7. The molecule has 1 unspecified atom stereocenters. The van der Waals surface area contributed by atoms with Crippen LogP contribution in [0.15, 0.2) is 22.7 Å². The summed E-state index contributed by atoms with van der Waals surface area (Å²) in [5.74, 6) is 0. The number of nitrogens with one attached hydrogen (secondary N) is 1. The van der Waals surface area contributed by atoms with Gasteiger partial charge in [0.15, 0.2) is 0 Å². The molecule has 2 nitrogen and oxygen atoms in total. The normalized spacial score (nSPS) is 15.1. The number of alkyl halides is 3. The molecule has 2 N–H and O–H groups in total. The van der Waals surface area contributed by atoms with Gasteiger partial charge < -0.3 is 10.4 Å². The SMILES string of the molecule is CCCC(C)(O)CNc1ccc(Br)cc1C(F)(F)F. The first-order chi connectivity index (χ1) is 8.65. The van der Waals surface area contributed by atoms with Crippen LogP contribution in [0.1, 0.15) is 32.3 Å². The summed E-state index contributed by atoms with van der Waals surface area (Å²) < 4.78 is 39.0. The molecule has 1 aromatic carbocycles. The summed E-state index contributed by atoms with van der Waals surface area (Å²) in [7, 11) is 0. The average molecular weight is 340 g/mol. The predicted octanol–water partition coefficient (Wildman–Crippen LogP) is 4.43. The molecule has 108 valence electrons. The topological polar surface area (TPSA) is 32.3 Å². The second kappa shape index (κ2) is 6.13. The molecule has 0 saturated carbocycles. The number of rotatable bonds is 5. The van der Waals surface area contributed by atoms with Gasteiger partial charge in [0.25, 0.3) is 0 Å². The van der Waals surface area contributed by atoms with E-state index >= 15 is 0 Å². The van der Waals surface area contributed by atoms with Crippen molar-refractivity contribution in [1.82, 2.24) is 0 Å². The Morgan fingerprint density at radius 2 is 1.95 bits per heavy atom. The summed E-state index contributed by atoms with van der Waals surface area (Å²) in [5, 5.41) is 12.7. The van der Waals surface area contributed by atoms with E-state index in [2.05, 4.69) is 21.2 Å². The Morgan fingerprint density at radius 1 is 1.32 bits per heavy atom. The van der Waals surface area contributed by atoms with Crippen LogP contribution in [-0.4, -0.2) is 17.3 Å². The van der Waals surface area contributed by atoms with Crippen LogP contribution in [0.2, 0.25) is 0 Å². The Bertz CT molecular complexity index is 432. The van der Waals surface area contributed by atoms with E-state index < -0.39 is 17.3 Å². The highest BCUT2D eigenvalue weighted by Crippen LogP contribution is 2.36. The quantitative estimate of drug-likeness (QED) is 0.831. The van der Waals surface area contributed by atoms with Gasteiger partial charge >= 0.3 is 6.18 Å². The molecule has 0 aliphatic heterocycles. The maximum Gasteiger partial charge on any atom is 0.418 e. The third kappa shape index (κ3) is 5.03. The number of hydrogen-bond donors (Lipinski definition) is 2. The fourth-order valence-corrected chi connectivity index (χ4v) is 2.18. The standard InChI is InChI=1S/C13H17BrF3NO/c1-3-6-12(2,19)8-18-11-5-4-9(14)7-10(11)13(15,16)17/h4-5,7,18-19H,3,6,8H2,1-2H3. The van der Waals surface area contributed by atoms with Crippen molar-refractivity contribution in [3.8, 4) is 0 Å². The summed E-state index contributed by atoms with van der Waals surface area (Å²) in [6.07, 6.45) is -3.14. The van der Waals surface area contributed by atoms with Crippen LogP contribution >= 0.6 is 15.9 Å². The number of hydrogen-bond acceptors (Lipinski definition) is 2. The molecular formula is C13H17BrF3NO. The summed E-state index contributed by atoms with van der Waals surface area (Å²) >= 11 is 3.03. The van der Waals surface area contributed by atoms with Gasteiger partial charge in [-0.1, -0.05) is 29.3 Å². The maximum atomic E-state index is 12.9. The second-order valence-corrected chi connectivity index (χ2v) is 5.70. The minimum absolute atomic E-state index is 0.0212. The Morgan fingerprint density at radius 3 is 2.47 bits per heavy atom. The highest BCUT2D eigenvalue weighted by Gasteiger charge is 2.34.